The quantitative estimate of drug-likeness (QED) is 0.845. The molecule has 3 heteroatoms. The van der Waals surface area contributed by atoms with Crippen molar-refractivity contribution in [1.29, 1.82) is 0 Å². The molecule has 1 aromatic carbocycles. The molecule has 1 aliphatic carbocycles. The summed E-state index contributed by atoms with van der Waals surface area (Å²) in [5.41, 5.74) is 8.19. The van der Waals surface area contributed by atoms with Gasteiger partial charge < -0.3 is 11.1 Å². The molecule has 0 aliphatic heterocycles. The zero-order chi connectivity index (χ0) is 15.6. The van der Waals surface area contributed by atoms with Gasteiger partial charge in [0.25, 0.3) is 0 Å². The molecule has 1 fully saturated rings. The Morgan fingerprint density at radius 3 is 2.67 bits per heavy atom. The van der Waals surface area contributed by atoms with Crippen molar-refractivity contribution in [2.45, 2.75) is 52.0 Å². The van der Waals surface area contributed by atoms with Gasteiger partial charge in [0.15, 0.2) is 0 Å². The van der Waals surface area contributed by atoms with E-state index in [4.69, 9.17) is 5.73 Å². The molecule has 0 heterocycles. The van der Waals surface area contributed by atoms with E-state index in [0.29, 0.717) is 18.4 Å². The summed E-state index contributed by atoms with van der Waals surface area (Å²) >= 11 is 0. The Hall–Kier alpha value is -1.35. The van der Waals surface area contributed by atoms with E-state index in [1.165, 1.54) is 11.1 Å². The minimum Gasteiger partial charge on any atom is -0.349 e. The maximum atomic E-state index is 12.5. The van der Waals surface area contributed by atoms with Gasteiger partial charge in [-0.05, 0) is 49.7 Å². The summed E-state index contributed by atoms with van der Waals surface area (Å²) in [6.45, 7) is 8.97. The fraction of sp³-hybridized carbons (Fsp3) is 0.611. The summed E-state index contributed by atoms with van der Waals surface area (Å²) in [5, 5.41) is 3.19. The van der Waals surface area contributed by atoms with Crippen molar-refractivity contribution in [3.63, 3.8) is 0 Å². The standard InChI is InChI=1S/C18H28N2O/c1-12(2)10-18(4,11-19)20-17(21)16-9-15(16)14-8-6-5-7-13(14)3/h5-8,12,15-16H,9-11,19H2,1-4H3,(H,20,21). The van der Waals surface area contributed by atoms with Crippen LogP contribution in [0.5, 0.6) is 0 Å². The van der Waals surface area contributed by atoms with Crippen molar-refractivity contribution in [3.05, 3.63) is 35.4 Å². The van der Waals surface area contributed by atoms with Crippen LogP contribution in [0.2, 0.25) is 0 Å². The number of carbonyl (C=O) groups excluding carboxylic acids is 1. The Balaban J connectivity index is 1.98. The van der Waals surface area contributed by atoms with Crippen molar-refractivity contribution in [2.24, 2.45) is 17.6 Å². The number of nitrogens with two attached hydrogens (primary N) is 1. The second kappa shape index (κ2) is 6.18. The molecular weight excluding hydrogens is 260 g/mol. The zero-order valence-corrected chi connectivity index (χ0v) is 13.6. The molecule has 2 rings (SSSR count). The highest BCUT2D eigenvalue weighted by Gasteiger charge is 2.45. The Bertz CT molecular complexity index is 512. The normalized spacial score (nSPS) is 23.7. The number of rotatable bonds is 6. The second-order valence-electron chi connectivity index (χ2n) is 7.16. The van der Waals surface area contributed by atoms with E-state index in [-0.39, 0.29) is 17.4 Å². The van der Waals surface area contributed by atoms with Crippen molar-refractivity contribution in [3.8, 4) is 0 Å². The minimum atomic E-state index is -0.288. The maximum absolute atomic E-state index is 12.5. The lowest BCUT2D eigenvalue weighted by Gasteiger charge is -2.31. The molecule has 0 radical (unpaired) electrons. The highest BCUT2D eigenvalue weighted by molar-refractivity contribution is 5.83. The van der Waals surface area contributed by atoms with Gasteiger partial charge in [0.2, 0.25) is 5.91 Å². The van der Waals surface area contributed by atoms with Crippen LogP contribution in [0.15, 0.2) is 24.3 Å². The van der Waals surface area contributed by atoms with E-state index in [1.54, 1.807) is 0 Å². The predicted molar refractivity (Wildman–Crippen MR) is 87.1 cm³/mol. The molecule has 3 N–H and O–H groups in total. The van der Waals surface area contributed by atoms with Crippen LogP contribution in [0.25, 0.3) is 0 Å². The molecule has 0 saturated heterocycles. The zero-order valence-electron chi connectivity index (χ0n) is 13.6. The summed E-state index contributed by atoms with van der Waals surface area (Å²) in [5.74, 6) is 1.18. The third kappa shape index (κ3) is 3.85. The van der Waals surface area contributed by atoms with E-state index >= 15 is 0 Å². The lowest BCUT2D eigenvalue weighted by Crippen LogP contribution is -2.52. The molecule has 3 nitrogen and oxygen atoms in total. The molecule has 1 aromatic rings. The summed E-state index contributed by atoms with van der Waals surface area (Å²) in [4.78, 5) is 12.5. The van der Waals surface area contributed by atoms with Gasteiger partial charge >= 0.3 is 0 Å². The van der Waals surface area contributed by atoms with Gasteiger partial charge in [0.1, 0.15) is 0 Å². The highest BCUT2D eigenvalue weighted by atomic mass is 16.2. The lowest BCUT2D eigenvalue weighted by atomic mass is 9.90. The number of carbonyl (C=O) groups is 1. The molecule has 0 aromatic heterocycles. The van der Waals surface area contributed by atoms with Crippen LogP contribution in [0.3, 0.4) is 0 Å². The highest BCUT2D eigenvalue weighted by Crippen LogP contribution is 2.48. The van der Waals surface area contributed by atoms with Crippen molar-refractivity contribution in [2.75, 3.05) is 6.54 Å². The third-order valence-corrected chi connectivity index (χ3v) is 4.45. The Labute approximate surface area is 128 Å². The first-order valence-electron chi connectivity index (χ1n) is 7.94. The topological polar surface area (TPSA) is 55.1 Å². The molecule has 21 heavy (non-hydrogen) atoms. The molecule has 1 saturated carbocycles. The fourth-order valence-corrected chi connectivity index (χ4v) is 3.31. The number of hydrogen-bond donors (Lipinski definition) is 2. The number of hydrogen-bond acceptors (Lipinski definition) is 2. The average Bonchev–Trinajstić information content (AvgIpc) is 3.18. The van der Waals surface area contributed by atoms with E-state index in [0.717, 1.165) is 12.8 Å². The first kappa shape index (κ1) is 16.0. The van der Waals surface area contributed by atoms with Gasteiger partial charge in [0, 0.05) is 18.0 Å². The van der Waals surface area contributed by atoms with E-state index < -0.39 is 0 Å². The summed E-state index contributed by atoms with van der Waals surface area (Å²) in [6, 6.07) is 8.36. The van der Waals surface area contributed by atoms with Gasteiger partial charge in [0.05, 0.1) is 0 Å². The SMILES string of the molecule is Cc1ccccc1C1CC1C(=O)NC(C)(CN)CC(C)C. The first-order chi connectivity index (χ1) is 9.86. The smallest absolute Gasteiger partial charge is 0.224 e. The van der Waals surface area contributed by atoms with Crippen LogP contribution >= 0.6 is 0 Å². The van der Waals surface area contributed by atoms with Gasteiger partial charge in [-0.25, -0.2) is 0 Å². The Morgan fingerprint density at radius 2 is 2.10 bits per heavy atom. The van der Waals surface area contributed by atoms with Crippen LogP contribution in [0, 0.1) is 18.8 Å². The van der Waals surface area contributed by atoms with Crippen LogP contribution in [0.1, 0.15) is 50.7 Å². The van der Waals surface area contributed by atoms with Crippen molar-refractivity contribution >= 4 is 5.91 Å². The molecule has 0 bridgehead atoms. The number of aryl methyl sites for hydroxylation is 1. The van der Waals surface area contributed by atoms with E-state index in [2.05, 4.69) is 51.2 Å². The predicted octanol–water partition coefficient (Wildman–Crippen LogP) is 2.98. The minimum absolute atomic E-state index is 0.115. The van der Waals surface area contributed by atoms with Gasteiger partial charge in [-0.3, -0.25) is 4.79 Å². The number of nitrogens with one attached hydrogen (secondary N) is 1. The Morgan fingerprint density at radius 1 is 1.43 bits per heavy atom. The van der Waals surface area contributed by atoms with Crippen LogP contribution in [-0.2, 0) is 4.79 Å². The monoisotopic (exact) mass is 288 g/mol. The van der Waals surface area contributed by atoms with Crippen LogP contribution in [-0.4, -0.2) is 18.0 Å². The van der Waals surface area contributed by atoms with Gasteiger partial charge in [-0.1, -0.05) is 38.1 Å². The number of amides is 1. The number of benzene rings is 1. The maximum Gasteiger partial charge on any atom is 0.224 e. The molecule has 1 aliphatic rings. The van der Waals surface area contributed by atoms with Crippen LogP contribution < -0.4 is 11.1 Å². The molecule has 1 amide bonds. The summed E-state index contributed by atoms with van der Waals surface area (Å²) < 4.78 is 0. The summed E-state index contributed by atoms with van der Waals surface area (Å²) in [7, 11) is 0. The largest absolute Gasteiger partial charge is 0.349 e. The molecular formula is C18H28N2O. The molecule has 3 atom stereocenters. The second-order valence-corrected chi connectivity index (χ2v) is 7.16. The molecule has 116 valence electrons. The first-order valence-corrected chi connectivity index (χ1v) is 7.94. The van der Waals surface area contributed by atoms with Crippen LogP contribution in [0.4, 0.5) is 0 Å². The van der Waals surface area contributed by atoms with Gasteiger partial charge in [-0.2, -0.15) is 0 Å². The average molecular weight is 288 g/mol. The third-order valence-electron chi connectivity index (χ3n) is 4.45. The fourth-order valence-electron chi connectivity index (χ4n) is 3.31. The van der Waals surface area contributed by atoms with Crippen molar-refractivity contribution < 1.29 is 4.79 Å². The van der Waals surface area contributed by atoms with E-state index in [9.17, 15) is 4.79 Å². The summed E-state index contributed by atoms with van der Waals surface area (Å²) in [6.07, 6.45) is 1.87. The van der Waals surface area contributed by atoms with E-state index in [1.807, 2.05) is 6.07 Å². The molecule has 0 spiro atoms. The molecule has 3 unspecified atom stereocenters. The van der Waals surface area contributed by atoms with Crippen molar-refractivity contribution in [1.82, 2.24) is 5.32 Å². The lowest BCUT2D eigenvalue weighted by molar-refractivity contribution is -0.124. The van der Waals surface area contributed by atoms with Gasteiger partial charge in [-0.15, -0.1) is 0 Å². The Kier molecular flexibility index (Phi) is 4.72.